The van der Waals surface area contributed by atoms with Gasteiger partial charge in [0.1, 0.15) is 11.6 Å². The van der Waals surface area contributed by atoms with E-state index in [9.17, 15) is 19.2 Å². The number of nitrogens with one attached hydrogen (secondary N) is 2. The number of anilines is 2. The zero-order valence-corrected chi connectivity index (χ0v) is 20.2. The van der Waals surface area contributed by atoms with Crippen molar-refractivity contribution in [3.8, 4) is 0 Å². The molecule has 184 valence electrons. The number of nitrogens with zero attached hydrogens (tertiary/aromatic N) is 2. The van der Waals surface area contributed by atoms with Crippen molar-refractivity contribution in [2.24, 2.45) is 0 Å². The van der Waals surface area contributed by atoms with Crippen LogP contribution in [-0.4, -0.2) is 59.5 Å². The van der Waals surface area contributed by atoms with E-state index in [0.29, 0.717) is 30.8 Å². The highest BCUT2D eigenvalue weighted by molar-refractivity contribution is 6.28. The van der Waals surface area contributed by atoms with Crippen LogP contribution in [0.1, 0.15) is 56.8 Å². The van der Waals surface area contributed by atoms with Gasteiger partial charge in [0.05, 0.1) is 5.69 Å². The zero-order valence-electron chi connectivity index (χ0n) is 20.2. The van der Waals surface area contributed by atoms with Gasteiger partial charge >= 0.3 is 6.09 Å². The molecule has 3 heterocycles. The van der Waals surface area contributed by atoms with E-state index in [4.69, 9.17) is 4.74 Å². The molecule has 0 spiro atoms. The number of rotatable bonds is 3. The van der Waals surface area contributed by atoms with Crippen LogP contribution < -0.4 is 15.5 Å². The van der Waals surface area contributed by atoms with Crippen LogP contribution in [0.2, 0.25) is 0 Å². The van der Waals surface area contributed by atoms with Crippen molar-refractivity contribution in [2.45, 2.75) is 64.1 Å². The van der Waals surface area contributed by atoms with Crippen LogP contribution in [0.3, 0.4) is 0 Å². The first kappa shape index (κ1) is 23.1. The van der Waals surface area contributed by atoms with Gasteiger partial charge in [-0.25, -0.2) is 4.79 Å². The summed E-state index contributed by atoms with van der Waals surface area (Å²) in [4.78, 5) is 53.1. The summed E-state index contributed by atoms with van der Waals surface area (Å²) >= 11 is 0. The van der Waals surface area contributed by atoms with Crippen LogP contribution in [0.15, 0.2) is 30.3 Å². The second-order valence-corrected chi connectivity index (χ2v) is 10.4. The molecule has 0 aliphatic carbocycles. The SMILES string of the molecule is CC(C)(C)OC(=O)N1CCC(Nc2ccc3c4c(cccc24)C(=O)N3C2CCC(=O)NC2=O)CC1. The number of amides is 4. The summed E-state index contributed by atoms with van der Waals surface area (Å²) in [7, 11) is 0. The quantitative estimate of drug-likeness (QED) is 0.655. The van der Waals surface area contributed by atoms with Gasteiger partial charge in [-0.05, 0) is 58.2 Å². The van der Waals surface area contributed by atoms with Crippen LogP contribution >= 0.6 is 0 Å². The van der Waals surface area contributed by atoms with Gasteiger partial charge in [-0.2, -0.15) is 0 Å². The van der Waals surface area contributed by atoms with Gasteiger partial charge < -0.3 is 15.0 Å². The van der Waals surface area contributed by atoms with Crippen molar-refractivity contribution in [3.63, 3.8) is 0 Å². The first-order valence-corrected chi connectivity index (χ1v) is 12.1. The lowest BCUT2D eigenvalue weighted by atomic mass is 10.0. The number of carbonyl (C=O) groups excluding carboxylic acids is 4. The maximum absolute atomic E-state index is 13.3. The fraction of sp³-hybridized carbons (Fsp3) is 0.462. The molecule has 2 fully saturated rings. The third-order valence-electron chi connectivity index (χ3n) is 6.76. The van der Waals surface area contributed by atoms with E-state index in [0.717, 1.165) is 29.3 Å². The normalized spacial score (nSPS) is 20.9. The Morgan fingerprint density at radius 3 is 2.49 bits per heavy atom. The predicted octanol–water partition coefficient (Wildman–Crippen LogP) is 3.42. The Hall–Kier alpha value is -3.62. The Balaban J connectivity index is 1.35. The number of hydrogen-bond donors (Lipinski definition) is 2. The standard InChI is InChI=1S/C26H30N4O5/c1-26(2,3)35-25(34)29-13-11-15(12-14-29)27-18-7-8-19-22-16(18)5-4-6-17(22)24(33)30(19)20-9-10-21(31)28-23(20)32/h4-8,15,20,27H,9-14H2,1-3H3,(H,28,31,32). The average Bonchev–Trinajstić information content (AvgIpc) is 3.08. The number of carbonyl (C=O) groups is 4. The summed E-state index contributed by atoms with van der Waals surface area (Å²) < 4.78 is 5.49. The Morgan fingerprint density at radius 2 is 1.80 bits per heavy atom. The third-order valence-corrected chi connectivity index (χ3v) is 6.76. The highest BCUT2D eigenvalue weighted by Crippen LogP contribution is 2.42. The van der Waals surface area contributed by atoms with Crippen LogP contribution in [0.4, 0.5) is 16.2 Å². The molecule has 2 aromatic carbocycles. The Morgan fingerprint density at radius 1 is 1.06 bits per heavy atom. The minimum atomic E-state index is -0.702. The molecule has 9 heteroatoms. The Kier molecular flexibility index (Phi) is 5.65. The minimum absolute atomic E-state index is 0.175. The predicted molar refractivity (Wildman–Crippen MR) is 131 cm³/mol. The Labute approximate surface area is 203 Å². The summed E-state index contributed by atoms with van der Waals surface area (Å²) in [5, 5.41) is 7.69. The molecule has 1 atom stereocenters. The highest BCUT2D eigenvalue weighted by Gasteiger charge is 2.41. The molecule has 0 aromatic heterocycles. The summed E-state index contributed by atoms with van der Waals surface area (Å²) in [6.07, 6.45) is 1.80. The van der Waals surface area contributed by atoms with E-state index >= 15 is 0 Å². The second kappa shape index (κ2) is 8.55. The molecule has 5 rings (SSSR count). The van der Waals surface area contributed by atoms with Gasteiger partial charge in [0, 0.05) is 47.6 Å². The number of benzene rings is 2. The smallest absolute Gasteiger partial charge is 0.410 e. The van der Waals surface area contributed by atoms with Gasteiger partial charge in [-0.3, -0.25) is 24.6 Å². The summed E-state index contributed by atoms with van der Waals surface area (Å²) in [5.74, 6) is -0.963. The molecule has 0 bridgehead atoms. The van der Waals surface area contributed by atoms with Gasteiger partial charge in [0.2, 0.25) is 11.8 Å². The minimum Gasteiger partial charge on any atom is -0.444 e. The van der Waals surface area contributed by atoms with Gasteiger partial charge in [-0.1, -0.05) is 12.1 Å². The number of imide groups is 1. The average molecular weight is 479 g/mol. The molecule has 0 saturated carbocycles. The van der Waals surface area contributed by atoms with E-state index in [1.165, 1.54) is 4.90 Å². The number of ether oxygens (including phenoxy) is 1. The highest BCUT2D eigenvalue weighted by atomic mass is 16.6. The molecule has 2 aromatic rings. The molecule has 9 nitrogen and oxygen atoms in total. The first-order chi connectivity index (χ1) is 16.6. The van der Waals surface area contributed by atoms with Crippen molar-refractivity contribution in [2.75, 3.05) is 23.3 Å². The van der Waals surface area contributed by atoms with Gasteiger partial charge in [0.15, 0.2) is 0 Å². The van der Waals surface area contributed by atoms with Crippen molar-refractivity contribution in [3.05, 3.63) is 35.9 Å². The summed E-state index contributed by atoms with van der Waals surface area (Å²) in [6, 6.07) is 8.90. The lowest BCUT2D eigenvalue weighted by Gasteiger charge is -2.34. The molecule has 0 radical (unpaired) electrons. The van der Waals surface area contributed by atoms with Crippen molar-refractivity contribution in [1.29, 1.82) is 0 Å². The zero-order chi connectivity index (χ0) is 24.9. The van der Waals surface area contributed by atoms with E-state index < -0.39 is 17.6 Å². The summed E-state index contributed by atoms with van der Waals surface area (Å²) in [6.45, 7) is 6.80. The van der Waals surface area contributed by atoms with Gasteiger partial charge in [-0.15, -0.1) is 0 Å². The molecular formula is C26H30N4O5. The number of likely N-dealkylation sites (tertiary alicyclic amines) is 1. The lowest BCUT2D eigenvalue weighted by Crippen LogP contribution is -2.53. The monoisotopic (exact) mass is 478 g/mol. The van der Waals surface area contributed by atoms with Crippen LogP contribution in [0, 0.1) is 0 Å². The fourth-order valence-corrected chi connectivity index (χ4v) is 5.12. The van der Waals surface area contributed by atoms with E-state index in [2.05, 4.69) is 10.6 Å². The molecule has 3 aliphatic heterocycles. The molecule has 3 aliphatic rings. The van der Waals surface area contributed by atoms with E-state index in [1.807, 2.05) is 45.0 Å². The maximum atomic E-state index is 13.3. The van der Waals surface area contributed by atoms with Crippen molar-refractivity contribution >= 4 is 46.0 Å². The largest absolute Gasteiger partial charge is 0.444 e. The first-order valence-electron chi connectivity index (χ1n) is 12.1. The van der Waals surface area contributed by atoms with Crippen LogP contribution in [0.5, 0.6) is 0 Å². The van der Waals surface area contributed by atoms with E-state index in [1.54, 1.807) is 11.0 Å². The third kappa shape index (κ3) is 4.31. The lowest BCUT2D eigenvalue weighted by molar-refractivity contribution is -0.134. The number of hydrogen-bond acceptors (Lipinski definition) is 6. The molecule has 1 unspecified atom stereocenters. The maximum Gasteiger partial charge on any atom is 0.410 e. The second-order valence-electron chi connectivity index (χ2n) is 10.4. The molecular weight excluding hydrogens is 448 g/mol. The topological polar surface area (TPSA) is 108 Å². The van der Waals surface area contributed by atoms with Gasteiger partial charge in [0.25, 0.3) is 5.91 Å². The fourth-order valence-electron chi connectivity index (χ4n) is 5.12. The number of piperidine rings is 2. The van der Waals surface area contributed by atoms with Crippen molar-refractivity contribution in [1.82, 2.24) is 10.2 Å². The van der Waals surface area contributed by atoms with Crippen molar-refractivity contribution < 1.29 is 23.9 Å². The molecule has 35 heavy (non-hydrogen) atoms. The Bertz CT molecular complexity index is 1230. The van der Waals surface area contributed by atoms with Crippen LogP contribution in [-0.2, 0) is 14.3 Å². The van der Waals surface area contributed by atoms with E-state index in [-0.39, 0.29) is 30.4 Å². The molecule has 2 N–H and O–H groups in total. The molecule has 4 amide bonds. The summed E-state index contributed by atoms with van der Waals surface area (Å²) in [5.41, 5.74) is 1.65. The molecule has 2 saturated heterocycles. The van der Waals surface area contributed by atoms with Crippen LogP contribution in [0.25, 0.3) is 10.8 Å².